The monoisotopic (exact) mass is 195 g/mol. The molecule has 0 N–H and O–H groups in total. The fourth-order valence-corrected chi connectivity index (χ4v) is 1.05. The second kappa shape index (κ2) is 7.14. The molecule has 0 aliphatic heterocycles. The lowest BCUT2D eigenvalue weighted by Gasteiger charge is -2.14. The molecule has 0 aromatic rings. The number of carbonyl (C=O) groups is 1. The molecule has 0 fully saturated rings. The molecule has 0 saturated heterocycles. The van der Waals surface area contributed by atoms with E-state index < -0.39 is 5.97 Å². The number of carbonyl (C=O) groups excluding carboxylic acids is 1. The van der Waals surface area contributed by atoms with E-state index in [9.17, 15) is 4.79 Å². The molecule has 3 heteroatoms. The highest BCUT2D eigenvalue weighted by Gasteiger charge is 2.14. The van der Waals surface area contributed by atoms with E-state index in [-0.39, 0.29) is 11.7 Å². The fraction of sp³-hybridized carbons (Fsp3) is 0.636. The van der Waals surface area contributed by atoms with E-state index in [0.717, 1.165) is 25.7 Å². The predicted octanol–water partition coefficient (Wildman–Crippen LogP) is 2.58. The number of rotatable bonds is 6. The highest BCUT2D eigenvalue weighted by atomic mass is 16.5. The van der Waals surface area contributed by atoms with Gasteiger partial charge in [0.05, 0.1) is 0 Å². The van der Waals surface area contributed by atoms with E-state index >= 15 is 0 Å². The third kappa shape index (κ3) is 4.66. The molecule has 14 heavy (non-hydrogen) atoms. The van der Waals surface area contributed by atoms with Gasteiger partial charge in [-0.3, -0.25) is 0 Å². The van der Waals surface area contributed by atoms with Gasteiger partial charge in [0.1, 0.15) is 17.7 Å². The Hall–Kier alpha value is -1.30. The number of hydrogen-bond acceptors (Lipinski definition) is 3. The van der Waals surface area contributed by atoms with Crippen LogP contribution in [0.2, 0.25) is 0 Å². The summed E-state index contributed by atoms with van der Waals surface area (Å²) in [4.78, 5) is 11.2. The molecule has 1 atom stereocenters. The molecule has 0 saturated carbocycles. The number of esters is 1. The van der Waals surface area contributed by atoms with Crippen LogP contribution in [-0.2, 0) is 9.53 Å². The maximum atomic E-state index is 11.2. The van der Waals surface area contributed by atoms with Crippen molar-refractivity contribution in [2.45, 2.75) is 45.6 Å². The normalized spacial score (nSPS) is 11.5. The zero-order chi connectivity index (χ0) is 11.0. The van der Waals surface area contributed by atoms with E-state index in [1.165, 1.54) is 0 Å². The molecule has 0 heterocycles. The van der Waals surface area contributed by atoms with Crippen LogP contribution in [0.15, 0.2) is 12.2 Å². The van der Waals surface area contributed by atoms with Crippen LogP contribution >= 0.6 is 0 Å². The average Bonchev–Trinajstić information content (AvgIpc) is 2.22. The Morgan fingerprint density at radius 1 is 1.57 bits per heavy atom. The van der Waals surface area contributed by atoms with E-state index in [0.29, 0.717) is 0 Å². The lowest BCUT2D eigenvalue weighted by atomic mass is 10.1. The quantitative estimate of drug-likeness (QED) is 0.372. The van der Waals surface area contributed by atoms with Gasteiger partial charge in [0, 0.05) is 0 Å². The van der Waals surface area contributed by atoms with Gasteiger partial charge in [0.15, 0.2) is 0 Å². The third-order valence-corrected chi connectivity index (χ3v) is 1.99. The van der Waals surface area contributed by atoms with Gasteiger partial charge in [-0.15, -0.1) is 0 Å². The lowest BCUT2D eigenvalue weighted by molar-refractivity contribution is -0.144. The Morgan fingerprint density at radius 3 is 2.64 bits per heavy atom. The fourth-order valence-electron chi connectivity index (χ4n) is 1.05. The maximum Gasteiger partial charge on any atom is 0.348 e. The van der Waals surface area contributed by atoms with Crippen LogP contribution < -0.4 is 0 Å². The molecule has 0 aromatic heterocycles. The maximum absolute atomic E-state index is 11.2. The summed E-state index contributed by atoms with van der Waals surface area (Å²) in [5, 5.41) is 8.42. The summed E-state index contributed by atoms with van der Waals surface area (Å²) in [6.07, 6.45) is 3.67. The number of nitriles is 1. The minimum atomic E-state index is -0.588. The number of nitrogens with zero attached hydrogens (tertiary/aromatic N) is 1. The van der Waals surface area contributed by atoms with Crippen LogP contribution in [0.5, 0.6) is 0 Å². The second-order valence-corrected chi connectivity index (χ2v) is 3.17. The second-order valence-electron chi connectivity index (χ2n) is 3.17. The van der Waals surface area contributed by atoms with Gasteiger partial charge in [0.25, 0.3) is 0 Å². The Bertz CT molecular complexity index is 240. The molecule has 0 aromatic carbocycles. The zero-order valence-electron chi connectivity index (χ0n) is 8.88. The molecule has 0 amide bonds. The lowest BCUT2D eigenvalue weighted by Crippen LogP contribution is -2.18. The molecule has 0 aliphatic rings. The first-order chi connectivity index (χ1) is 6.65. The third-order valence-electron chi connectivity index (χ3n) is 1.99. The highest BCUT2D eigenvalue weighted by Crippen LogP contribution is 2.10. The van der Waals surface area contributed by atoms with Gasteiger partial charge >= 0.3 is 5.97 Å². The molecule has 0 spiro atoms. The van der Waals surface area contributed by atoms with Crippen LogP contribution in [0, 0.1) is 11.3 Å². The number of unbranched alkanes of at least 4 members (excludes halogenated alkanes) is 1. The molecule has 0 rings (SSSR count). The molecular formula is C11H17NO2. The van der Waals surface area contributed by atoms with Crippen molar-refractivity contribution in [2.24, 2.45) is 0 Å². The summed E-state index contributed by atoms with van der Waals surface area (Å²) < 4.78 is 5.09. The average molecular weight is 195 g/mol. The number of ether oxygens (including phenoxy) is 1. The Morgan fingerprint density at radius 2 is 2.21 bits per heavy atom. The Kier molecular flexibility index (Phi) is 6.47. The van der Waals surface area contributed by atoms with E-state index in [4.69, 9.17) is 10.00 Å². The van der Waals surface area contributed by atoms with E-state index in [2.05, 4.69) is 13.5 Å². The standard InChI is InChI=1S/C11H17NO2/c1-4-6-7-10(5-2)14-11(13)9(3)8-12/h10H,3-7H2,1-2H3. The minimum absolute atomic E-state index is 0.0763. The molecular weight excluding hydrogens is 178 g/mol. The van der Waals surface area contributed by atoms with Crippen molar-refractivity contribution in [3.05, 3.63) is 12.2 Å². The predicted molar refractivity (Wildman–Crippen MR) is 54.4 cm³/mol. The smallest absolute Gasteiger partial charge is 0.348 e. The molecule has 1 unspecified atom stereocenters. The molecule has 0 radical (unpaired) electrons. The van der Waals surface area contributed by atoms with Crippen LogP contribution in [0.1, 0.15) is 39.5 Å². The van der Waals surface area contributed by atoms with Crippen LogP contribution in [0.3, 0.4) is 0 Å². The SMILES string of the molecule is C=C(C#N)C(=O)OC(CC)CCCC. The summed E-state index contributed by atoms with van der Waals surface area (Å²) >= 11 is 0. The zero-order valence-corrected chi connectivity index (χ0v) is 8.88. The van der Waals surface area contributed by atoms with Gasteiger partial charge in [-0.25, -0.2) is 4.79 Å². The highest BCUT2D eigenvalue weighted by molar-refractivity contribution is 5.91. The topological polar surface area (TPSA) is 50.1 Å². The van der Waals surface area contributed by atoms with Crippen molar-refractivity contribution in [1.29, 1.82) is 5.26 Å². The van der Waals surface area contributed by atoms with Crippen LogP contribution in [-0.4, -0.2) is 12.1 Å². The summed E-state index contributed by atoms with van der Waals surface area (Å²) in [5.41, 5.74) is -0.125. The van der Waals surface area contributed by atoms with Crippen molar-refractivity contribution in [2.75, 3.05) is 0 Å². The van der Waals surface area contributed by atoms with Gasteiger partial charge in [-0.1, -0.05) is 33.3 Å². The molecule has 0 bridgehead atoms. The van der Waals surface area contributed by atoms with Crippen molar-refractivity contribution in [3.8, 4) is 6.07 Å². The summed E-state index contributed by atoms with van der Waals surface area (Å²) in [5.74, 6) is -0.588. The van der Waals surface area contributed by atoms with E-state index in [1.54, 1.807) is 6.07 Å². The van der Waals surface area contributed by atoms with Gasteiger partial charge in [0.2, 0.25) is 0 Å². The van der Waals surface area contributed by atoms with Gasteiger partial charge in [-0.2, -0.15) is 5.26 Å². The summed E-state index contributed by atoms with van der Waals surface area (Å²) in [7, 11) is 0. The van der Waals surface area contributed by atoms with Crippen LogP contribution in [0.25, 0.3) is 0 Å². The molecule has 0 aliphatic carbocycles. The van der Waals surface area contributed by atoms with Gasteiger partial charge < -0.3 is 4.74 Å². The number of hydrogen-bond donors (Lipinski definition) is 0. The first kappa shape index (κ1) is 12.7. The van der Waals surface area contributed by atoms with Crippen LogP contribution in [0.4, 0.5) is 0 Å². The minimum Gasteiger partial charge on any atom is -0.458 e. The largest absolute Gasteiger partial charge is 0.458 e. The Balaban J connectivity index is 3.99. The van der Waals surface area contributed by atoms with Gasteiger partial charge in [-0.05, 0) is 12.8 Å². The molecule has 78 valence electrons. The summed E-state index contributed by atoms with van der Waals surface area (Å²) in [6, 6.07) is 1.68. The molecule has 3 nitrogen and oxygen atoms in total. The van der Waals surface area contributed by atoms with Crippen molar-refractivity contribution < 1.29 is 9.53 Å². The van der Waals surface area contributed by atoms with Crippen molar-refractivity contribution in [3.63, 3.8) is 0 Å². The first-order valence-electron chi connectivity index (χ1n) is 4.95. The van der Waals surface area contributed by atoms with E-state index in [1.807, 2.05) is 6.92 Å². The van der Waals surface area contributed by atoms with Crippen molar-refractivity contribution >= 4 is 5.97 Å². The first-order valence-corrected chi connectivity index (χ1v) is 4.95. The van der Waals surface area contributed by atoms with Crippen molar-refractivity contribution in [1.82, 2.24) is 0 Å². The Labute approximate surface area is 85.4 Å². The summed E-state index contributed by atoms with van der Waals surface area (Å²) in [6.45, 7) is 7.35.